The lowest BCUT2D eigenvalue weighted by molar-refractivity contribution is -0.117. The van der Waals surface area contributed by atoms with Crippen LogP contribution in [0.3, 0.4) is 0 Å². The predicted octanol–water partition coefficient (Wildman–Crippen LogP) is 1.86. The molecule has 1 aromatic rings. The quantitative estimate of drug-likeness (QED) is 0.862. The topological polar surface area (TPSA) is 58.4 Å². The largest absolute Gasteiger partial charge is 0.330 e. The second-order valence-electron chi connectivity index (χ2n) is 5.55. The van der Waals surface area contributed by atoms with Gasteiger partial charge in [-0.3, -0.25) is 9.69 Å². The highest BCUT2D eigenvalue weighted by Crippen LogP contribution is 2.16. The van der Waals surface area contributed by atoms with Gasteiger partial charge in [0.2, 0.25) is 5.91 Å². The van der Waals surface area contributed by atoms with Crippen molar-refractivity contribution in [2.24, 2.45) is 11.7 Å². The first-order valence-electron chi connectivity index (χ1n) is 7.52. The van der Waals surface area contributed by atoms with Gasteiger partial charge in [-0.05, 0) is 62.5 Å². The number of carbonyl (C=O) groups is 1. The van der Waals surface area contributed by atoms with E-state index in [2.05, 4.69) is 29.3 Å². The molecule has 1 heterocycles. The molecule has 1 aliphatic rings. The number of likely N-dealkylation sites (tertiary alicyclic amines) is 1. The Balaban J connectivity index is 1.77. The maximum absolute atomic E-state index is 12.0. The lowest BCUT2D eigenvalue weighted by Gasteiger charge is -2.30. The maximum Gasteiger partial charge on any atom is 0.238 e. The summed E-state index contributed by atoms with van der Waals surface area (Å²) in [6.07, 6.45) is 3.23. The normalized spacial score (nSPS) is 17.1. The third kappa shape index (κ3) is 4.32. The monoisotopic (exact) mass is 275 g/mol. The highest BCUT2D eigenvalue weighted by Gasteiger charge is 2.19. The molecule has 4 nitrogen and oxygen atoms in total. The predicted molar refractivity (Wildman–Crippen MR) is 82.7 cm³/mol. The van der Waals surface area contributed by atoms with Gasteiger partial charge in [0.25, 0.3) is 0 Å². The van der Waals surface area contributed by atoms with E-state index in [1.807, 2.05) is 12.1 Å². The highest BCUT2D eigenvalue weighted by atomic mass is 16.2. The Kier molecular flexibility index (Phi) is 5.56. The van der Waals surface area contributed by atoms with Crippen LogP contribution in [-0.4, -0.2) is 37.0 Å². The molecule has 0 atom stereocenters. The van der Waals surface area contributed by atoms with Crippen molar-refractivity contribution in [3.8, 4) is 0 Å². The zero-order chi connectivity index (χ0) is 14.4. The summed E-state index contributed by atoms with van der Waals surface area (Å²) in [5.41, 5.74) is 7.84. The van der Waals surface area contributed by atoms with Crippen LogP contribution >= 0.6 is 0 Å². The number of amides is 1. The SMILES string of the molecule is CCc1ccc(NC(=O)CN2CCC(CN)CC2)cc1. The molecular weight excluding hydrogens is 250 g/mol. The Morgan fingerprint density at radius 2 is 1.95 bits per heavy atom. The van der Waals surface area contributed by atoms with Crippen LogP contribution in [0.1, 0.15) is 25.3 Å². The Hall–Kier alpha value is -1.39. The minimum absolute atomic E-state index is 0.0699. The molecule has 0 unspecified atom stereocenters. The summed E-state index contributed by atoms with van der Waals surface area (Å²) in [6.45, 7) is 5.32. The van der Waals surface area contributed by atoms with E-state index in [0.717, 1.165) is 44.6 Å². The van der Waals surface area contributed by atoms with Crippen molar-refractivity contribution in [2.45, 2.75) is 26.2 Å². The van der Waals surface area contributed by atoms with Gasteiger partial charge in [0.15, 0.2) is 0 Å². The third-order valence-corrected chi connectivity index (χ3v) is 4.05. The number of nitrogens with zero attached hydrogens (tertiary/aromatic N) is 1. The van der Waals surface area contributed by atoms with Gasteiger partial charge in [-0.1, -0.05) is 19.1 Å². The second kappa shape index (κ2) is 7.41. The number of rotatable bonds is 5. The van der Waals surface area contributed by atoms with E-state index < -0.39 is 0 Å². The van der Waals surface area contributed by atoms with Crippen LogP contribution in [0.5, 0.6) is 0 Å². The molecule has 1 amide bonds. The van der Waals surface area contributed by atoms with Crippen LogP contribution in [0.2, 0.25) is 0 Å². The van der Waals surface area contributed by atoms with Gasteiger partial charge in [-0.2, -0.15) is 0 Å². The van der Waals surface area contributed by atoms with Gasteiger partial charge >= 0.3 is 0 Å². The number of nitrogens with two attached hydrogens (primary N) is 1. The fourth-order valence-corrected chi connectivity index (χ4v) is 2.61. The Morgan fingerprint density at radius 1 is 1.30 bits per heavy atom. The van der Waals surface area contributed by atoms with Gasteiger partial charge in [0, 0.05) is 5.69 Å². The zero-order valence-electron chi connectivity index (χ0n) is 12.3. The van der Waals surface area contributed by atoms with E-state index in [1.54, 1.807) is 0 Å². The number of carbonyl (C=O) groups excluding carboxylic acids is 1. The van der Waals surface area contributed by atoms with E-state index in [1.165, 1.54) is 5.56 Å². The van der Waals surface area contributed by atoms with Crippen molar-refractivity contribution in [3.63, 3.8) is 0 Å². The molecule has 1 fully saturated rings. The molecule has 110 valence electrons. The number of aryl methyl sites for hydroxylation is 1. The lowest BCUT2D eigenvalue weighted by Crippen LogP contribution is -2.40. The first kappa shape index (κ1) is 15.0. The first-order chi connectivity index (χ1) is 9.71. The van der Waals surface area contributed by atoms with Crippen molar-refractivity contribution >= 4 is 11.6 Å². The van der Waals surface area contributed by atoms with Crippen LogP contribution in [0.4, 0.5) is 5.69 Å². The number of hydrogen-bond acceptors (Lipinski definition) is 3. The number of nitrogens with one attached hydrogen (secondary N) is 1. The van der Waals surface area contributed by atoms with Gasteiger partial charge in [0.1, 0.15) is 0 Å². The fourth-order valence-electron chi connectivity index (χ4n) is 2.61. The van der Waals surface area contributed by atoms with Crippen molar-refractivity contribution in [1.29, 1.82) is 0 Å². The molecule has 0 bridgehead atoms. The fraction of sp³-hybridized carbons (Fsp3) is 0.562. The van der Waals surface area contributed by atoms with E-state index >= 15 is 0 Å². The summed E-state index contributed by atoms with van der Waals surface area (Å²) < 4.78 is 0. The van der Waals surface area contributed by atoms with Gasteiger partial charge < -0.3 is 11.1 Å². The summed E-state index contributed by atoms with van der Waals surface area (Å²) in [5, 5.41) is 2.96. The molecule has 0 aliphatic carbocycles. The van der Waals surface area contributed by atoms with E-state index in [-0.39, 0.29) is 5.91 Å². The van der Waals surface area contributed by atoms with Gasteiger partial charge in [-0.25, -0.2) is 0 Å². The Morgan fingerprint density at radius 3 is 2.50 bits per heavy atom. The zero-order valence-corrected chi connectivity index (χ0v) is 12.3. The van der Waals surface area contributed by atoms with Gasteiger partial charge in [-0.15, -0.1) is 0 Å². The first-order valence-corrected chi connectivity index (χ1v) is 7.52. The molecule has 20 heavy (non-hydrogen) atoms. The average molecular weight is 275 g/mol. The van der Waals surface area contributed by atoms with Crippen molar-refractivity contribution in [2.75, 3.05) is 31.5 Å². The van der Waals surface area contributed by atoms with E-state index in [0.29, 0.717) is 12.5 Å². The highest BCUT2D eigenvalue weighted by molar-refractivity contribution is 5.92. The maximum atomic E-state index is 12.0. The average Bonchev–Trinajstić information content (AvgIpc) is 2.49. The molecule has 1 saturated heterocycles. The van der Waals surface area contributed by atoms with Crippen LogP contribution in [0.25, 0.3) is 0 Å². The third-order valence-electron chi connectivity index (χ3n) is 4.05. The van der Waals surface area contributed by atoms with Crippen molar-refractivity contribution in [3.05, 3.63) is 29.8 Å². The minimum atomic E-state index is 0.0699. The molecule has 1 aliphatic heterocycles. The van der Waals surface area contributed by atoms with Gasteiger partial charge in [0.05, 0.1) is 6.54 Å². The lowest BCUT2D eigenvalue weighted by atomic mass is 9.97. The summed E-state index contributed by atoms with van der Waals surface area (Å²) in [7, 11) is 0. The standard InChI is InChI=1S/C16H25N3O/c1-2-13-3-5-15(6-4-13)18-16(20)12-19-9-7-14(11-17)8-10-19/h3-6,14H,2,7-12,17H2,1H3,(H,18,20). The number of piperidine rings is 1. The van der Waals surface area contributed by atoms with Crippen LogP contribution < -0.4 is 11.1 Å². The Labute approximate surface area is 121 Å². The number of benzene rings is 1. The Bertz CT molecular complexity index is 422. The molecule has 3 N–H and O–H groups in total. The molecule has 1 aromatic carbocycles. The van der Waals surface area contributed by atoms with Crippen molar-refractivity contribution < 1.29 is 4.79 Å². The van der Waals surface area contributed by atoms with Crippen LogP contribution in [-0.2, 0) is 11.2 Å². The van der Waals surface area contributed by atoms with Crippen molar-refractivity contribution in [1.82, 2.24) is 4.90 Å². The van der Waals surface area contributed by atoms with E-state index in [4.69, 9.17) is 5.73 Å². The second-order valence-corrected chi connectivity index (χ2v) is 5.55. The molecule has 0 spiro atoms. The summed E-state index contributed by atoms with van der Waals surface area (Å²) >= 11 is 0. The number of anilines is 1. The summed E-state index contributed by atoms with van der Waals surface area (Å²) in [6, 6.07) is 8.06. The molecule has 4 heteroatoms. The molecule has 2 rings (SSSR count). The van der Waals surface area contributed by atoms with Crippen LogP contribution in [0.15, 0.2) is 24.3 Å². The smallest absolute Gasteiger partial charge is 0.238 e. The molecule has 0 aromatic heterocycles. The van der Waals surface area contributed by atoms with Crippen LogP contribution in [0, 0.1) is 5.92 Å². The van der Waals surface area contributed by atoms with E-state index in [9.17, 15) is 4.79 Å². The molecule has 0 saturated carbocycles. The number of hydrogen-bond donors (Lipinski definition) is 2. The summed E-state index contributed by atoms with van der Waals surface area (Å²) in [5.74, 6) is 0.705. The summed E-state index contributed by atoms with van der Waals surface area (Å²) in [4.78, 5) is 14.2. The minimum Gasteiger partial charge on any atom is -0.330 e. The molecular formula is C16H25N3O. The molecule has 0 radical (unpaired) electrons.